The van der Waals surface area contributed by atoms with Crippen LogP contribution in [0, 0.1) is 28.6 Å². The van der Waals surface area contributed by atoms with Gasteiger partial charge in [-0.15, -0.1) is 0 Å². The fourth-order valence-electron chi connectivity index (χ4n) is 3.98. The molecule has 2 rings (SSSR count). The third-order valence-corrected chi connectivity index (χ3v) is 5.90. The summed E-state index contributed by atoms with van der Waals surface area (Å²) >= 11 is 0. The largest absolute Gasteiger partial charge is 0.392 e. The van der Waals surface area contributed by atoms with Crippen LogP contribution in [0.5, 0.6) is 0 Å². The van der Waals surface area contributed by atoms with E-state index in [-0.39, 0.29) is 12.0 Å². The van der Waals surface area contributed by atoms with Crippen LogP contribution in [0.3, 0.4) is 0 Å². The fraction of sp³-hybridized carbons (Fsp3) is 0.941. The van der Waals surface area contributed by atoms with E-state index in [1.807, 2.05) is 0 Å². The van der Waals surface area contributed by atoms with Crippen LogP contribution >= 0.6 is 0 Å². The number of β-amino-alcohol motifs (C(OH)–C–C–N with tert-alkyl or cyclic N) is 1. The molecule has 0 aromatic rings. The lowest BCUT2D eigenvalue weighted by molar-refractivity contribution is 0.000237. The summed E-state index contributed by atoms with van der Waals surface area (Å²) in [4.78, 5) is 2.40. The van der Waals surface area contributed by atoms with Crippen LogP contribution in [0.15, 0.2) is 0 Å². The molecular formula is C17H30N2O. The predicted molar refractivity (Wildman–Crippen MR) is 81.1 cm³/mol. The number of aliphatic hydroxyl groups excluding tert-OH is 1. The van der Waals surface area contributed by atoms with E-state index < -0.39 is 0 Å². The maximum absolute atomic E-state index is 9.92. The van der Waals surface area contributed by atoms with Crippen molar-refractivity contribution in [3.8, 4) is 6.07 Å². The highest BCUT2D eigenvalue weighted by Crippen LogP contribution is 2.43. The van der Waals surface area contributed by atoms with E-state index >= 15 is 0 Å². The van der Waals surface area contributed by atoms with E-state index in [0.717, 1.165) is 38.8 Å². The number of nitriles is 1. The average molecular weight is 278 g/mol. The van der Waals surface area contributed by atoms with Crippen LogP contribution < -0.4 is 0 Å². The Morgan fingerprint density at radius 1 is 1.30 bits per heavy atom. The quantitative estimate of drug-likeness (QED) is 0.862. The van der Waals surface area contributed by atoms with Gasteiger partial charge in [0.05, 0.1) is 18.1 Å². The lowest BCUT2D eigenvalue weighted by atomic mass is 9.65. The van der Waals surface area contributed by atoms with Gasteiger partial charge in [-0.2, -0.15) is 5.26 Å². The van der Waals surface area contributed by atoms with Crippen molar-refractivity contribution in [1.29, 1.82) is 5.26 Å². The van der Waals surface area contributed by atoms with Gasteiger partial charge in [0.1, 0.15) is 0 Å². The first-order valence-corrected chi connectivity index (χ1v) is 8.29. The summed E-state index contributed by atoms with van der Waals surface area (Å²) < 4.78 is 0. The van der Waals surface area contributed by atoms with Gasteiger partial charge in [0, 0.05) is 12.6 Å². The Hall–Kier alpha value is -0.590. The minimum absolute atomic E-state index is 0.157. The molecule has 0 bridgehead atoms. The zero-order chi connectivity index (χ0) is 14.8. The molecule has 0 amide bonds. The zero-order valence-corrected chi connectivity index (χ0v) is 13.3. The molecule has 3 nitrogen and oxygen atoms in total. The Balaban J connectivity index is 2.08. The molecule has 1 N–H and O–H groups in total. The number of likely N-dealkylation sites (tertiary alicyclic amines) is 1. The van der Waals surface area contributed by atoms with Crippen LogP contribution in [0.4, 0.5) is 0 Å². The summed E-state index contributed by atoms with van der Waals surface area (Å²) in [5.74, 6) is 0.866. The fourth-order valence-corrected chi connectivity index (χ4v) is 3.98. The molecule has 0 radical (unpaired) electrons. The van der Waals surface area contributed by atoms with Crippen molar-refractivity contribution in [3.05, 3.63) is 0 Å². The molecule has 1 saturated heterocycles. The topological polar surface area (TPSA) is 47.3 Å². The maximum atomic E-state index is 9.92. The predicted octanol–water partition coefficient (Wildman–Crippen LogP) is 3.19. The van der Waals surface area contributed by atoms with E-state index in [1.54, 1.807) is 0 Å². The second kappa shape index (κ2) is 6.45. The van der Waals surface area contributed by atoms with Crippen molar-refractivity contribution in [2.24, 2.45) is 17.3 Å². The van der Waals surface area contributed by atoms with Gasteiger partial charge in [0.25, 0.3) is 0 Å². The van der Waals surface area contributed by atoms with Crippen LogP contribution in [-0.4, -0.2) is 35.2 Å². The normalized spacial score (nSPS) is 36.5. The summed E-state index contributed by atoms with van der Waals surface area (Å²) in [5.41, 5.74) is 0.368. The van der Waals surface area contributed by atoms with E-state index in [9.17, 15) is 10.4 Å². The second-order valence-corrected chi connectivity index (χ2v) is 7.45. The highest BCUT2D eigenvalue weighted by atomic mass is 16.3. The molecule has 1 aliphatic heterocycles. The monoisotopic (exact) mass is 278 g/mol. The molecule has 0 aromatic heterocycles. The number of rotatable bonds is 3. The van der Waals surface area contributed by atoms with E-state index in [4.69, 9.17) is 0 Å². The summed E-state index contributed by atoms with van der Waals surface area (Å²) in [6.45, 7) is 8.83. The average Bonchev–Trinajstić information content (AvgIpc) is 2.46. The molecule has 20 heavy (non-hydrogen) atoms. The van der Waals surface area contributed by atoms with Crippen molar-refractivity contribution < 1.29 is 5.11 Å². The Bertz CT molecular complexity index is 360. The molecule has 4 atom stereocenters. The van der Waals surface area contributed by atoms with E-state index in [0.29, 0.717) is 17.4 Å². The molecule has 3 heteroatoms. The number of nitrogens with zero attached hydrogens (tertiary/aromatic N) is 2. The minimum atomic E-state index is -0.192. The van der Waals surface area contributed by atoms with Crippen LogP contribution in [0.25, 0.3) is 0 Å². The second-order valence-electron chi connectivity index (χ2n) is 7.45. The molecule has 0 spiro atoms. The van der Waals surface area contributed by atoms with Crippen LogP contribution in [-0.2, 0) is 0 Å². The van der Waals surface area contributed by atoms with Gasteiger partial charge in [-0.1, -0.05) is 27.2 Å². The molecule has 1 aliphatic carbocycles. The summed E-state index contributed by atoms with van der Waals surface area (Å²) in [5, 5.41) is 19.4. The molecule has 1 heterocycles. The molecule has 2 aliphatic rings. The Labute approximate surface area is 124 Å². The Kier molecular flexibility index (Phi) is 5.09. The van der Waals surface area contributed by atoms with Gasteiger partial charge in [-0.25, -0.2) is 0 Å². The zero-order valence-electron chi connectivity index (χ0n) is 13.3. The van der Waals surface area contributed by atoms with Crippen LogP contribution in [0.2, 0.25) is 0 Å². The first kappa shape index (κ1) is 15.8. The number of aliphatic hydroxyl groups is 1. The SMILES string of the molecule is CCC(C)(C)C1CCC(C#N)C(N2CCCC(O)C2)C1. The van der Waals surface area contributed by atoms with Crippen molar-refractivity contribution in [2.45, 2.75) is 71.4 Å². The molecule has 4 unspecified atom stereocenters. The Morgan fingerprint density at radius 3 is 2.65 bits per heavy atom. The van der Waals surface area contributed by atoms with Crippen molar-refractivity contribution in [3.63, 3.8) is 0 Å². The summed E-state index contributed by atoms with van der Waals surface area (Å²) in [6.07, 6.45) is 6.34. The molecule has 0 aromatic carbocycles. The van der Waals surface area contributed by atoms with Gasteiger partial charge in [0.15, 0.2) is 0 Å². The van der Waals surface area contributed by atoms with Gasteiger partial charge >= 0.3 is 0 Å². The van der Waals surface area contributed by atoms with E-state index in [1.165, 1.54) is 12.8 Å². The lowest BCUT2D eigenvalue weighted by Gasteiger charge is -2.46. The number of hydrogen-bond acceptors (Lipinski definition) is 3. The number of piperidine rings is 1. The van der Waals surface area contributed by atoms with Crippen molar-refractivity contribution in [1.82, 2.24) is 4.90 Å². The molecule has 2 fully saturated rings. The van der Waals surface area contributed by atoms with Gasteiger partial charge < -0.3 is 5.11 Å². The maximum Gasteiger partial charge on any atom is 0.0672 e. The Morgan fingerprint density at radius 2 is 2.05 bits per heavy atom. The lowest BCUT2D eigenvalue weighted by Crippen LogP contribution is -2.51. The minimum Gasteiger partial charge on any atom is -0.392 e. The highest BCUT2D eigenvalue weighted by molar-refractivity contribution is 5.00. The summed E-state index contributed by atoms with van der Waals surface area (Å²) in [6, 6.07) is 2.89. The molecule has 1 saturated carbocycles. The third-order valence-electron chi connectivity index (χ3n) is 5.90. The smallest absolute Gasteiger partial charge is 0.0672 e. The highest BCUT2D eigenvalue weighted by Gasteiger charge is 2.40. The van der Waals surface area contributed by atoms with E-state index in [2.05, 4.69) is 31.7 Å². The first-order chi connectivity index (χ1) is 9.47. The van der Waals surface area contributed by atoms with Gasteiger partial charge in [-0.05, 0) is 50.0 Å². The molecule has 114 valence electrons. The van der Waals surface area contributed by atoms with Crippen molar-refractivity contribution >= 4 is 0 Å². The number of hydrogen-bond donors (Lipinski definition) is 1. The molecular weight excluding hydrogens is 248 g/mol. The van der Waals surface area contributed by atoms with Crippen molar-refractivity contribution in [2.75, 3.05) is 13.1 Å². The van der Waals surface area contributed by atoms with Gasteiger partial charge in [-0.3, -0.25) is 4.90 Å². The van der Waals surface area contributed by atoms with Crippen LogP contribution in [0.1, 0.15) is 59.3 Å². The first-order valence-electron chi connectivity index (χ1n) is 8.29. The third kappa shape index (κ3) is 3.35. The summed E-state index contributed by atoms with van der Waals surface area (Å²) in [7, 11) is 0. The standard InChI is InChI=1S/C17H30N2O/c1-4-17(2,3)14-8-7-13(11-18)16(10-14)19-9-5-6-15(20)12-19/h13-16,20H,4-10,12H2,1-3H3. The van der Waals surface area contributed by atoms with Gasteiger partial charge in [0.2, 0.25) is 0 Å².